The summed E-state index contributed by atoms with van der Waals surface area (Å²) in [7, 11) is 0. The molecule has 1 aromatic heterocycles. The van der Waals surface area contributed by atoms with E-state index in [1.54, 1.807) is 11.3 Å². The van der Waals surface area contributed by atoms with Crippen LogP contribution in [0.15, 0.2) is 24.4 Å². The number of aryl methyl sites for hydroxylation is 2. The summed E-state index contributed by atoms with van der Waals surface area (Å²) in [5, 5.41) is 4.59. The van der Waals surface area contributed by atoms with Crippen molar-refractivity contribution in [2.75, 3.05) is 6.54 Å². The second-order valence-electron chi connectivity index (χ2n) is 5.34. The number of nitrogens with one attached hydrogen (secondary N) is 1. The van der Waals surface area contributed by atoms with Crippen molar-refractivity contribution in [3.8, 4) is 5.75 Å². The van der Waals surface area contributed by atoms with E-state index < -0.39 is 0 Å². The smallest absolute Gasteiger partial charge is 0.124 e. The largest absolute Gasteiger partial charge is 0.488 e. The first-order valence-electron chi connectivity index (χ1n) is 7.48. The number of benzene rings is 1. The van der Waals surface area contributed by atoms with Gasteiger partial charge in [0.2, 0.25) is 0 Å². The molecule has 4 heteroatoms. The summed E-state index contributed by atoms with van der Waals surface area (Å²) >= 11 is 1.68. The van der Waals surface area contributed by atoms with Gasteiger partial charge in [0.25, 0.3) is 0 Å². The van der Waals surface area contributed by atoms with Crippen molar-refractivity contribution >= 4 is 11.3 Å². The third kappa shape index (κ3) is 4.55. The van der Waals surface area contributed by atoms with Crippen LogP contribution >= 0.6 is 11.3 Å². The fourth-order valence-corrected chi connectivity index (χ4v) is 2.91. The highest BCUT2D eigenvalue weighted by atomic mass is 32.1. The molecule has 1 atom stereocenters. The normalized spacial score (nSPS) is 12.4. The van der Waals surface area contributed by atoms with Crippen LogP contribution < -0.4 is 10.1 Å². The van der Waals surface area contributed by atoms with Crippen LogP contribution in [0.4, 0.5) is 0 Å². The Labute approximate surface area is 131 Å². The van der Waals surface area contributed by atoms with Gasteiger partial charge in [-0.25, -0.2) is 4.98 Å². The molecule has 0 bridgehead atoms. The van der Waals surface area contributed by atoms with Gasteiger partial charge in [-0.2, -0.15) is 0 Å². The average Bonchev–Trinajstić information content (AvgIpc) is 2.89. The number of hydrogen-bond donors (Lipinski definition) is 1. The van der Waals surface area contributed by atoms with Gasteiger partial charge in [0, 0.05) is 12.2 Å². The van der Waals surface area contributed by atoms with Gasteiger partial charge in [-0.05, 0) is 50.9 Å². The number of nitrogens with zero attached hydrogens (tertiary/aromatic N) is 1. The molecular weight excluding hydrogens is 280 g/mol. The molecule has 2 aromatic rings. The second kappa shape index (κ2) is 7.57. The van der Waals surface area contributed by atoms with Gasteiger partial charge in [0.1, 0.15) is 12.4 Å². The zero-order valence-corrected chi connectivity index (χ0v) is 14.1. The van der Waals surface area contributed by atoms with E-state index in [0.29, 0.717) is 12.6 Å². The number of ether oxygens (including phenoxy) is 1. The summed E-state index contributed by atoms with van der Waals surface area (Å²) in [6.45, 7) is 10.1. The molecule has 0 amide bonds. The Morgan fingerprint density at radius 2 is 2.14 bits per heavy atom. The maximum atomic E-state index is 5.90. The molecule has 21 heavy (non-hydrogen) atoms. The molecule has 0 radical (unpaired) electrons. The minimum Gasteiger partial charge on any atom is -0.488 e. The molecule has 2 rings (SSSR count). The molecule has 0 aliphatic rings. The van der Waals surface area contributed by atoms with E-state index >= 15 is 0 Å². The third-order valence-corrected chi connectivity index (χ3v) is 4.32. The van der Waals surface area contributed by atoms with Gasteiger partial charge in [-0.3, -0.25) is 0 Å². The predicted octanol–water partition coefficient (Wildman–Crippen LogP) is 4.40. The molecule has 1 heterocycles. The Balaban J connectivity index is 1.98. The Morgan fingerprint density at radius 1 is 1.33 bits per heavy atom. The highest BCUT2D eigenvalue weighted by Gasteiger charge is 2.08. The molecule has 0 saturated carbocycles. The first-order valence-corrected chi connectivity index (χ1v) is 8.29. The van der Waals surface area contributed by atoms with Crippen LogP contribution in [0.3, 0.4) is 0 Å². The van der Waals surface area contributed by atoms with Crippen LogP contribution in [-0.4, -0.2) is 11.5 Å². The fourth-order valence-electron chi connectivity index (χ4n) is 2.20. The monoisotopic (exact) mass is 304 g/mol. The minimum atomic E-state index is 0.377. The summed E-state index contributed by atoms with van der Waals surface area (Å²) in [6, 6.07) is 6.80. The van der Waals surface area contributed by atoms with E-state index in [1.807, 2.05) is 13.1 Å². The maximum absolute atomic E-state index is 5.90. The molecule has 0 saturated heterocycles. The molecule has 1 N–H and O–H groups in total. The molecule has 1 aromatic carbocycles. The van der Waals surface area contributed by atoms with Gasteiger partial charge in [0.15, 0.2) is 0 Å². The molecule has 0 spiro atoms. The molecular formula is C17H24N2OS. The van der Waals surface area contributed by atoms with Gasteiger partial charge >= 0.3 is 0 Å². The lowest BCUT2D eigenvalue weighted by Crippen LogP contribution is -2.19. The van der Waals surface area contributed by atoms with E-state index in [4.69, 9.17) is 4.74 Å². The maximum Gasteiger partial charge on any atom is 0.124 e. The summed E-state index contributed by atoms with van der Waals surface area (Å²) in [5.74, 6) is 0.951. The molecule has 114 valence electrons. The van der Waals surface area contributed by atoms with Crippen molar-refractivity contribution in [3.63, 3.8) is 0 Å². The van der Waals surface area contributed by atoms with Crippen molar-refractivity contribution in [1.82, 2.24) is 10.3 Å². The van der Waals surface area contributed by atoms with E-state index in [0.717, 1.165) is 28.6 Å². The molecule has 3 nitrogen and oxygen atoms in total. The van der Waals surface area contributed by atoms with E-state index in [2.05, 4.69) is 49.3 Å². The van der Waals surface area contributed by atoms with Crippen molar-refractivity contribution in [3.05, 3.63) is 45.4 Å². The lowest BCUT2D eigenvalue weighted by atomic mass is 10.0. The van der Waals surface area contributed by atoms with Crippen LogP contribution in [0, 0.1) is 13.8 Å². The summed E-state index contributed by atoms with van der Waals surface area (Å²) < 4.78 is 5.90. The Morgan fingerprint density at radius 3 is 2.76 bits per heavy atom. The van der Waals surface area contributed by atoms with Crippen LogP contribution in [-0.2, 0) is 6.61 Å². The quantitative estimate of drug-likeness (QED) is 0.823. The average molecular weight is 304 g/mol. The second-order valence-corrected chi connectivity index (χ2v) is 6.65. The number of aromatic nitrogens is 1. The van der Waals surface area contributed by atoms with Gasteiger partial charge in [0.05, 0.1) is 9.88 Å². The zero-order chi connectivity index (χ0) is 15.2. The van der Waals surface area contributed by atoms with E-state index in [-0.39, 0.29) is 0 Å². The van der Waals surface area contributed by atoms with Crippen molar-refractivity contribution in [2.24, 2.45) is 0 Å². The van der Waals surface area contributed by atoms with E-state index in [1.165, 1.54) is 11.1 Å². The summed E-state index contributed by atoms with van der Waals surface area (Å²) in [5.41, 5.74) is 2.49. The van der Waals surface area contributed by atoms with E-state index in [9.17, 15) is 0 Å². The number of thiazole rings is 1. The SMILES string of the molecule is CCCNC(C)c1ccc(OCc2cnc(C)s2)c(C)c1. The molecule has 0 aliphatic carbocycles. The first-order chi connectivity index (χ1) is 10.1. The van der Waals surface area contributed by atoms with Gasteiger partial charge in [-0.1, -0.05) is 19.1 Å². The van der Waals surface area contributed by atoms with Crippen LogP contribution in [0.2, 0.25) is 0 Å². The van der Waals surface area contributed by atoms with Crippen molar-refractivity contribution in [2.45, 2.75) is 46.8 Å². The Kier molecular flexibility index (Phi) is 5.76. The number of rotatable bonds is 7. The Hall–Kier alpha value is -1.39. The first kappa shape index (κ1) is 16.0. The highest BCUT2D eigenvalue weighted by molar-refractivity contribution is 7.11. The predicted molar refractivity (Wildman–Crippen MR) is 89.1 cm³/mol. The van der Waals surface area contributed by atoms with Crippen LogP contribution in [0.1, 0.15) is 47.3 Å². The Bertz CT molecular complexity index is 580. The van der Waals surface area contributed by atoms with Crippen LogP contribution in [0.25, 0.3) is 0 Å². The summed E-state index contributed by atoms with van der Waals surface area (Å²) in [6.07, 6.45) is 3.04. The lowest BCUT2D eigenvalue weighted by Gasteiger charge is -2.16. The molecule has 1 unspecified atom stereocenters. The van der Waals surface area contributed by atoms with Crippen LogP contribution in [0.5, 0.6) is 5.75 Å². The molecule has 0 aliphatic heterocycles. The molecule has 0 fully saturated rings. The number of hydrogen-bond acceptors (Lipinski definition) is 4. The topological polar surface area (TPSA) is 34.1 Å². The fraction of sp³-hybridized carbons (Fsp3) is 0.471. The standard InChI is InChI=1S/C17H24N2OS/c1-5-8-18-13(3)15-6-7-17(12(2)9-15)20-11-16-10-19-14(4)21-16/h6-7,9-10,13,18H,5,8,11H2,1-4H3. The van der Waals surface area contributed by atoms with Gasteiger partial charge < -0.3 is 10.1 Å². The minimum absolute atomic E-state index is 0.377. The van der Waals surface area contributed by atoms with Crippen molar-refractivity contribution < 1.29 is 4.74 Å². The highest BCUT2D eigenvalue weighted by Crippen LogP contribution is 2.24. The zero-order valence-electron chi connectivity index (χ0n) is 13.3. The summed E-state index contributed by atoms with van der Waals surface area (Å²) in [4.78, 5) is 5.41. The lowest BCUT2D eigenvalue weighted by molar-refractivity contribution is 0.307. The van der Waals surface area contributed by atoms with Gasteiger partial charge in [-0.15, -0.1) is 11.3 Å². The van der Waals surface area contributed by atoms with Crippen molar-refractivity contribution in [1.29, 1.82) is 0 Å². The third-order valence-electron chi connectivity index (χ3n) is 3.44.